The van der Waals surface area contributed by atoms with Gasteiger partial charge in [-0.1, -0.05) is 41.4 Å². The number of amidine groups is 1. The number of nitrogen functional groups attached to an aromatic ring is 1. The molecule has 8 heterocycles. The normalized spacial score (nSPS) is 10.1. The molecule has 44 heteroatoms. The van der Waals surface area contributed by atoms with Gasteiger partial charge >= 0.3 is 29.4 Å². The van der Waals surface area contributed by atoms with Gasteiger partial charge in [0.2, 0.25) is 5.84 Å². The fourth-order valence-electron chi connectivity index (χ4n) is 9.94. The van der Waals surface area contributed by atoms with E-state index in [0.29, 0.717) is 46.2 Å². The maximum absolute atomic E-state index is 11.1. The van der Waals surface area contributed by atoms with Gasteiger partial charge < -0.3 is 96.0 Å². The third kappa shape index (κ3) is 55.5. The van der Waals surface area contributed by atoms with Gasteiger partial charge in [0, 0.05) is 127 Å². The first-order valence-electron chi connectivity index (χ1n) is 39.5. The number of carbonyl (C=O) groups excluding carboxylic acids is 6. The Morgan fingerprint density at radius 3 is 1.39 bits per heavy atom. The van der Waals surface area contributed by atoms with Gasteiger partial charge in [0.25, 0.3) is 12.0 Å². The first-order valence-corrected chi connectivity index (χ1v) is 45.4. The summed E-state index contributed by atoms with van der Waals surface area (Å²) in [5.74, 6) is 7.50. The topological polar surface area (TPSA) is 541 Å². The molecule has 12 aromatic rings. The van der Waals surface area contributed by atoms with Crippen molar-refractivity contribution in [1.29, 1.82) is 10.5 Å². The van der Waals surface area contributed by atoms with Gasteiger partial charge in [0.1, 0.15) is 85.7 Å². The number of halogens is 6. The molecule has 4 aromatic carbocycles. The Bertz CT molecular complexity index is 5490. The van der Waals surface area contributed by atoms with Crippen LogP contribution in [-0.2, 0) is 59.4 Å². The monoisotopic (exact) mass is 2010 g/mol. The SMILES string of the molecule is CC(=O)OC(C)=O.CC(N)=[NH2+].CCCC#N.CCOC(C)CBr.CCOC(C)CC(C#N)CC.CNc1ccc(OC)cc1.COc1ccc(N(C)c2nc(C)nc3[nH]ccc23)cc1.COc1ccc(N(C)c2nc(C)nc3c2ccn3C)cc1.COc1ccc(N)c(C)c1.Cc1nc(Cl)c2cc[nH]c2n1.Cc1nc2[nH]ccc2c(=O)[nH]1.O=C=O.O=C=O.O=CO.O=P(Cl)(Cl)Cl.[Cl-]. The number of methoxy groups -OCH3 is 4. The highest BCUT2D eigenvalue weighted by atomic mass is 79.9. The molecule has 3 atom stereocenters. The molecule has 3 unspecified atom stereocenters. The lowest BCUT2D eigenvalue weighted by Crippen LogP contribution is -3.00. The fraction of sp³-hybridized carbons (Fsp3) is 0.364. The number of carbonyl (C=O) groups is 3. The molecular weight excluding hydrogens is 1900 g/mol. The van der Waals surface area contributed by atoms with Crippen LogP contribution >= 0.6 is 66.5 Å². The van der Waals surface area contributed by atoms with Gasteiger partial charge in [-0.15, -0.1) is 0 Å². The highest BCUT2D eigenvalue weighted by molar-refractivity contribution is 9.09. The standard InChI is InChI=1S/C16H18N4O.C15H16N4O.C9H17NO.2C8H11NO.C7H6ClN3.C7H7N3O.C5H11BrO.C4H7N.C4H6O3.C2H6N2.CH2O2.2CO2.Cl3OP.ClH/c1-11-17-15-14(9-10-19(15)2)16(18-11)20(3)12-5-7-13(21-4)8-6-12;1-10-17-14-13(8-9-16-14)15(18-10)19(2)11-4-6-12(20-3)7-5-11;1-4-9(7-10)6-8(3)11-5-2;1-9-7-3-5-8(10-2)6-4-7;1-6-5-7(10-2)3-4-8(6)9;1-4-10-6(8)5-2-3-9-7(5)11-4;1-4-9-6-5(2-3-8-6)7(11)10-4;1-3-7-5(2)4-6;1-2-3-4-5;1-3(5)7-4(2)6;1-2(3)4;3*2-1-3;1-5(2,3)4;/h5-10H,1-4H3;4-9H,1-3H3,(H,16,17,18);8-9H,4-6H2,1-3H3;3-6,9H,1-2H3;3-5H,9H2,1-2H3;2-3H,1H3,(H,9,10,11);2-3H,1H3,(H2,8,9,10,11);5H,3-4H2,1-2H3;2-3H2,1H3;1-2H3;1H3,(H3,3,4);1H,(H,2,3);;;;1H. The molecule has 132 heavy (non-hydrogen) atoms. The van der Waals surface area contributed by atoms with Crippen molar-refractivity contribution >= 4 is 182 Å². The van der Waals surface area contributed by atoms with Gasteiger partial charge in [-0.25, -0.2) is 34.9 Å². The molecule has 0 fully saturated rings. The molecule has 0 radical (unpaired) electrons. The fourth-order valence-corrected chi connectivity index (χ4v) is 10.4. The van der Waals surface area contributed by atoms with Gasteiger partial charge in [-0.05, 0) is 236 Å². The molecule has 0 aliphatic carbocycles. The second-order valence-corrected chi connectivity index (χ2v) is 33.7. The summed E-state index contributed by atoms with van der Waals surface area (Å²) < 4.78 is 46.3. The number of alkyl halides is 1. The Hall–Kier alpha value is -12.5. The molecule has 720 valence electrons. The van der Waals surface area contributed by atoms with Crippen LogP contribution in [0.15, 0.2) is 145 Å². The number of nitrogens with one attached hydrogen (secondary N) is 5. The molecule has 0 bridgehead atoms. The van der Waals surface area contributed by atoms with Gasteiger partial charge in [-0.2, -0.15) is 29.7 Å². The maximum atomic E-state index is 11.1. The maximum Gasteiger partial charge on any atom is 0.373 e. The van der Waals surface area contributed by atoms with Crippen molar-refractivity contribution in [3.63, 3.8) is 0 Å². The largest absolute Gasteiger partial charge is 1.00 e. The third-order valence-electron chi connectivity index (χ3n) is 15.8. The number of H-pyrrole nitrogens is 4. The third-order valence-corrected chi connectivity index (χ3v) is 17.0. The van der Waals surface area contributed by atoms with Crippen molar-refractivity contribution in [3.05, 3.63) is 184 Å². The quantitative estimate of drug-likeness (QED) is 0.00443. The number of hydrogen-bond acceptors (Lipinski definition) is 29. The van der Waals surface area contributed by atoms with Crippen LogP contribution in [0.25, 0.3) is 44.1 Å². The number of hydrogen-bond donors (Lipinski definition) is 9. The van der Waals surface area contributed by atoms with Crippen LogP contribution < -0.4 is 68.9 Å². The van der Waals surface area contributed by atoms with Crippen LogP contribution in [0.3, 0.4) is 0 Å². The molecule has 12 N–H and O–H groups in total. The summed E-state index contributed by atoms with van der Waals surface area (Å²) in [4.78, 5) is 118. The van der Waals surface area contributed by atoms with Crippen LogP contribution in [0.5, 0.6) is 23.0 Å². The summed E-state index contributed by atoms with van der Waals surface area (Å²) in [6.45, 7) is 26.7. The van der Waals surface area contributed by atoms with E-state index in [-0.39, 0.29) is 48.8 Å². The summed E-state index contributed by atoms with van der Waals surface area (Å²) in [6.07, 6.45) is 11.9. The Morgan fingerprint density at radius 1 is 0.644 bits per heavy atom. The van der Waals surface area contributed by atoms with E-state index in [1.165, 1.54) is 13.8 Å². The number of aryl methyl sites for hydroxylation is 6. The van der Waals surface area contributed by atoms with Gasteiger partial charge in [0.05, 0.1) is 74.3 Å². The Balaban J connectivity index is -0.000000690. The van der Waals surface area contributed by atoms with E-state index in [0.717, 1.165) is 146 Å². The predicted molar refractivity (Wildman–Crippen MR) is 517 cm³/mol. The van der Waals surface area contributed by atoms with Crippen molar-refractivity contribution in [2.45, 2.75) is 135 Å². The van der Waals surface area contributed by atoms with Crippen molar-refractivity contribution in [3.8, 4) is 35.1 Å². The van der Waals surface area contributed by atoms with Crippen molar-refractivity contribution in [1.82, 2.24) is 59.4 Å². The predicted octanol–water partition coefficient (Wildman–Crippen LogP) is 13.9. The van der Waals surface area contributed by atoms with E-state index in [1.54, 1.807) is 60.7 Å². The lowest BCUT2D eigenvalue weighted by atomic mass is 10.0. The molecule has 0 amide bonds. The number of fused-ring (bicyclic) bond motifs is 4. The van der Waals surface area contributed by atoms with Crippen molar-refractivity contribution < 1.29 is 94.2 Å². The zero-order valence-corrected chi connectivity index (χ0v) is 84.1. The second kappa shape index (κ2) is 73.2. The van der Waals surface area contributed by atoms with E-state index >= 15 is 0 Å². The summed E-state index contributed by atoms with van der Waals surface area (Å²) >= 11 is 23.0. The molecule has 0 saturated carbocycles. The average Bonchev–Trinajstić information content (AvgIpc) is 1.11. The van der Waals surface area contributed by atoms with Crippen LogP contribution in [0.1, 0.15) is 117 Å². The highest BCUT2D eigenvalue weighted by Crippen LogP contribution is 2.61. The summed E-state index contributed by atoms with van der Waals surface area (Å²) in [5, 5.41) is 32.9. The average molecular weight is 2020 g/mol. The van der Waals surface area contributed by atoms with Crippen LogP contribution in [0.4, 0.5) is 34.4 Å². The van der Waals surface area contributed by atoms with Crippen molar-refractivity contribution in [2.75, 3.05) is 89.0 Å². The summed E-state index contributed by atoms with van der Waals surface area (Å²) in [7, 11) is 14.5. The summed E-state index contributed by atoms with van der Waals surface area (Å²) in [5.41, 5.74) is 18.6. The number of anilines is 6. The summed E-state index contributed by atoms with van der Waals surface area (Å²) in [6, 6.07) is 41.1. The van der Waals surface area contributed by atoms with Crippen LogP contribution in [0, 0.1) is 63.2 Å². The van der Waals surface area contributed by atoms with E-state index in [4.69, 9.17) is 96.5 Å². The molecule has 0 aliphatic rings. The number of aromatic nitrogens is 12. The molecule has 12 rings (SSSR count). The lowest BCUT2D eigenvalue weighted by molar-refractivity contribution is -0.193. The van der Waals surface area contributed by atoms with E-state index in [1.807, 2.05) is 235 Å². The number of aromatic amines is 4. The Kier molecular flexibility index (Phi) is 69.7. The minimum Gasteiger partial charge on any atom is -1.00 e. The number of unbranched alkanes of at least 4 members (excludes halogenated alkanes) is 1. The molecule has 0 spiro atoms. The van der Waals surface area contributed by atoms with Gasteiger partial charge in [0.15, 0.2) is 0 Å². The van der Waals surface area contributed by atoms with Crippen molar-refractivity contribution in [2.24, 2.45) is 18.7 Å². The molecular formula is C88H119BrCl5N20O17P. The number of ether oxygens (including phenoxy) is 7. The number of esters is 2. The minimum absolute atomic E-state index is 0. The lowest BCUT2D eigenvalue weighted by Gasteiger charge is -2.20. The van der Waals surface area contributed by atoms with E-state index in [9.17, 15) is 18.9 Å². The molecule has 37 nitrogen and oxygen atoms in total. The highest BCUT2D eigenvalue weighted by Gasteiger charge is 2.17. The van der Waals surface area contributed by atoms with Crippen LogP contribution in [-0.4, -0.2) is 181 Å². The molecule has 0 saturated heterocycles. The van der Waals surface area contributed by atoms with E-state index in [2.05, 4.69) is 125 Å². The zero-order chi connectivity index (χ0) is 100. The molecule has 0 aliphatic heterocycles. The smallest absolute Gasteiger partial charge is 0.373 e. The van der Waals surface area contributed by atoms with Gasteiger partial charge in [-0.3, -0.25) is 34.9 Å². The number of nitrogens with two attached hydrogens (primary N) is 3. The number of nitrogens with zero attached hydrogens (tertiary/aromatic N) is 12. The Morgan fingerprint density at radius 2 is 1.03 bits per heavy atom. The Labute approximate surface area is 802 Å². The number of rotatable bonds is 18. The van der Waals surface area contributed by atoms with E-state index < -0.39 is 17.1 Å². The first-order chi connectivity index (χ1) is 62.0. The second-order valence-electron chi connectivity index (χ2n) is 26.1. The zero-order valence-electron chi connectivity index (χ0n) is 77.8. The number of benzene rings is 4. The minimum atomic E-state index is -3.22. The molecule has 8 aromatic heterocycles. The number of nitriles is 2. The number of carboxylic acid groups (broad SMARTS) is 1. The van der Waals surface area contributed by atoms with Crippen LogP contribution in [0.2, 0.25) is 5.15 Å². The first kappa shape index (κ1) is 126.